The van der Waals surface area contributed by atoms with Gasteiger partial charge in [-0.15, -0.1) is 12.4 Å². The second kappa shape index (κ2) is 8.34. The average Bonchev–Trinajstić information content (AvgIpc) is 2.38. The van der Waals surface area contributed by atoms with Crippen molar-refractivity contribution in [1.82, 2.24) is 4.90 Å². The second-order valence-electron chi connectivity index (χ2n) is 5.55. The third-order valence-corrected chi connectivity index (χ3v) is 4.45. The van der Waals surface area contributed by atoms with Crippen LogP contribution in [-0.2, 0) is 0 Å². The maximum absolute atomic E-state index is 9.26. The van der Waals surface area contributed by atoms with E-state index in [4.69, 9.17) is 0 Å². The van der Waals surface area contributed by atoms with Crippen molar-refractivity contribution in [3.8, 4) is 0 Å². The van der Waals surface area contributed by atoms with Crippen LogP contribution in [0.1, 0.15) is 64.2 Å². The van der Waals surface area contributed by atoms with Gasteiger partial charge in [-0.2, -0.15) is 0 Å². The molecule has 0 amide bonds. The Morgan fingerprint density at radius 1 is 0.765 bits per heavy atom. The third kappa shape index (κ3) is 4.42. The number of hydrogen-bond donors (Lipinski definition) is 1. The van der Waals surface area contributed by atoms with Crippen molar-refractivity contribution >= 4 is 12.4 Å². The van der Waals surface area contributed by atoms with E-state index in [0.717, 1.165) is 18.6 Å². The van der Waals surface area contributed by atoms with Gasteiger partial charge in [0.25, 0.3) is 0 Å². The minimum absolute atomic E-state index is 0. The Labute approximate surface area is 112 Å². The smallest absolute Gasteiger partial charge is 0.0558 e. The second-order valence-corrected chi connectivity index (χ2v) is 5.55. The molecule has 17 heavy (non-hydrogen) atoms. The first-order chi connectivity index (χ1) is 7.92. The molecule has 2 aliphatic rings. The Balaban J connectivity index is 0.00000144. The molecular formula is C14H28ClNO. The van der Waals surface area contributed by atoms with Gasteiger partial charge in [-0.3, -0.25) is 4.90 Å². The molecule has 0 aromatic rings. The molecule has 0 aromatic carbocycles. The van der Waals surface area contributed by atoms with E-state index in [9.17, 15) is 5.11 Å². The Bertz CT molecular complexity index is 171. The van der Waals surface area contributed by atoms with E-state index < -0.39 is 0 Å². The summed E-state index contributed by atoms with van der Waals surface area (Å²) in [5.74, 6) is 0. The van der Waals surface area contributed by atoms with Gasteiger partial charge in [0, 0.05) is 18.6 Å². The van der Waals surface area contributed by atoms with E-state index in [1.807, 2.05) is 0 Å². The average molecular weight is 262 g/mol. The lowest BCUT2D eigenvalue weighted by molar-refractivity contribution is 0.0621. The number of nitrogens with zero attached hydrogens (tertiary/aromatic N) is 1. The molecule has 0 unspecified atom stereocenters. The fraction of sp³-hybridized carbons (Fsp3) is 1.00. The van der Waals surface area contributed by atoms with Gasteiger partial charge in [-0.25, -0.2) is 0 Å². The zero-order chi connectivity index (χ0) is 11.2. The molecule has 0 atom stereocenters. The Morgan fingerprint density at radius 2 is 1.18 bits per heavy atom. The van der Waals surface area contributed by atoms with Crippen LogP contribution in [0, 0.1) is 0 Å². The normalized spacial score (nSPS) is 23.6. The molecular weight excluding hydrogens is 234 g/mol. The lowest BCUT2D eigenvalue weighted by Gasteiger charge is -2.41. The number of halogens is 1. The lowest BCUT2D eigenvalue weighted by atomic mass is 9.88. The molecule has 1 N–H and O–H groups in total. The highest BCUT2D eigenvalue weighted by atomic mass is 35.5. The van der Waals surface area contributed by atoms with Crippen molar-refractivity contribution in [2.24, 2.45) is 0 Å². The summed E-state index contributed by atoms with van der Waals surface area (Å²) in [5.41, 5.74) is 0. The molecule has 2 nitrogen and oxygen atoms in total. The highest BCUT2D eigenvalue weighted by Gasteiger charge is 2.27. The zero-order valence-corrected chi connectivity index (χ0v) is 11.8. The molecule has 3 heteroatoms. The highest BCUT2D eigenvalue weighted by molar-refractivity contribution is 5.85. The summed E-state index contributed by atoms with van der Waals surface area (Å²) in [6.45, 7) is 1.25. The van der Waals surface area contributed by atoms with Crippen LogP contribution in [0.3, 0.4) is 0 Å². The fourth-order valence-corrected chi connectivity index (χ4v) is 3.60. The molecule has 0 spiro atoms. The Hall–Kier alpha value is 0.210. The van der Waals surface area contributed by atoms with E-state index in [1.165, 1.54) is 64.2 Å². The standard InChI is InChI=1S/C14H27NO.ClH/c16-12-11-15(13-7-3-1-4-8-13)14-9-5-2-6-10-14;/h13-14,16H,1-12H2;1H. The number of aliphatic hydroxyl groups is 1. The quantitative estimate of drug-likeness (QED) is 0.839. The summed E-state index contributed by atoms with van der Waals surface area (Å²) in [6.07, 6.45) is 13.9. The predicted octanol–water partition coefficient (Wildman–Crippen LogP) is 3.37. The molecule has 0 bridgehead atoms. The zero-order valence-electron chi connectivity index (χ0n) is 10.9. The van der Waals surface area contributed by atoms with E-state index in [0.29, 0.717) is 6.61 Å². The number of aliphatic hydroxyl groups excluding tert-OH is 1. The van der Waals surface area contributed by atoms with Crippen molar-refractivity contribution in [1.29, 1.82) is 0 Å². The lowest BCUT2D eigenvalue weighted by Crippen LogP contribution is -2.46. The molecule has 0 heterocycles. The van der Waals surface area contributed by atoms with Crippen LogP contribution in [0.2, 0.25) is 0 Å². The first kappa shape index (κ1) is 15.3. The van der Waals surface area contributed by atoms with Crippen LogP contribution in [0.15, 0.2) is 0 Å². The summed E-state index contributed by atoms with van der Waals surface area (Å²) in [4.78, 5) is 2.65. The monoisotopic (exact) mass is 261 g/mol. The summed E-state index contributed by atoms with van der Waals surface area (Å²) in [5, 5.41) is 9.26. The van der Waals surface area contributed by atoms with Crippen LogP contribution < -0.4 is 0 Å². The van der Waals surface area contributed by atoms with Gasteiger partial charge < -0.3 is 5.11 Å². The van der Waals surface area contributed by atoms with E-state index in [2.05, 4.69) is 4.90 Å². The summed E-state index contributed by atoms with van der Waals surface area (Å²) >= 11 is 0. The molecule has 102 valence electrons. The van der Waals surface area contributed by atoms with Gasteiger partial charge in [-0.1, -0.05) is 38.5 Å². The molecule has 0 aromatic heterocycles. The largest absolute Gasteiger partial charge is 0.395 e. The van der Waals surface area contributed by atoms with Gasteiger partial charge in [0.2, 0.25) is 0 Å². The van der Waals surface area contributed by atoms with Crippen LogP contribution >= 0.6 is 12.4 Å². The third-order valence-electron chi connectivity index (χ3n) is 4.45. The molecule has 2 rings (SSSR count). The minimum Gasteiger partial charge on any atom is -0.395 e. The number of rotatable bonds is 4. The van der Waals surface area contributed by atoms with Gasteiger partial charge in [0.05, 0.1) is 6.61 Å². The predicted molar refractivity (Wildman–Crippen MR) is 74.8 cm³/mol. The maximum Gasteiger partial charge on any atom is 0.0558 e. The summed E-state index contributed by atoms with van der Waals surface area (Å²) in [6, 6.07) is 1.56. The van der Waals surface area contributed by atoms with Gasteiger partial charge in [0.15, 0.2) is 0 Å². The van der Waals surface area contributed by atoms with Crippen LogP contribution in [0.25, 0.3) is 0 Å². The highest BCUT2D eigenvalue weighted by Crippen LogP contribution is 2.29. The van der Waals surface area contributed by atoms with E-state index in [-0.39, 0.29) is 12.4 Å². The van der Waals surface area contributed by atoms with Crippen molar-refractivity contribution in [2.45, 2.75) is 76.3 Å². The first-order valence-corrected chi connectivity index (χ1v) is 7.28. The Kier molecular flexibility index (Phi) is 7.49. The molecule has 0 aliphatic heterocycles. The van der Waals surface area contributed by atoms with Crippen LogP contribution in [0.5, 0.6) is 0 Å². The first-order valence-electron chi connectivity index (χ1n) is 7.28. The minimum atomic E-state index is 0. The molecule has 2 fully saturated rings. The van der Waals surface area contributed by atoms with Crippen molar-refractivity contribution in [3.63, 3.8) is 0 Å². The van der Waals surface area contributed by atoms with Crippen LogP contribution in [-0.4, -0.2) is 35.2 Å². The molecule has 0 radical (unpaired) electrons. The van der Waals surface area contributed by atoms with Gasteiger partial charge >= 0.3 is 0 Å². The maximum atomic E-state index is 9.26. The topological polar surface area (TPSA) is 23.5 Å². The van der Waals surface area contributed by atoms with Crippen molar-refractivity contribution in [3.05, 3.63) is 0 Å². The van der Waals surface area contributed by atoms with Gasteiger partial charge in [0.1, 0.15) is 0 Å². The van der Waals surface area contributed by atoms with E-state index in [1.54, 1.807) is 0 Å². The SMILES string of the molecule is Cl.OCCN(C1CCCCC1)C1CCCCC1. The fourth-order valence-electron chi connectivity index (χ4n) is 3.60. The summed E-state index contributed by atoms with van der Waals surface area (Å²) in [7, 11) is 0. The van der Waals surface area contributed by atoms with Crippen molar-refractivity contribution in [2.75, 3.05) is 13.2 Å². The van der Waals surface area contributed by atoms with Gasteiger partial charge in [-0.05, 0) is 25.7 Å². The Morgan fingerprint density at radius 3 is 1.53 bits per heavy atom. The van der Waals surface area contributed by atoms with Crippen molar-refractivity contribution < 1.29 is 5.11 Å². The number of hydrogen-bond acceptors (Lipinski definition) is 2. The van der Waals surface area contributed by atoms with Crippen LogP contribution in [0.4, 0.5) is 0 Å². The molecule has 2 aliphatic carbocycles. The molecule has 0 saturated heterocycles. The molecule has 2 saturated carbocycles. The van der Waals surface area contributed by atoms with E-state index >= 15 is 0 Å². The summed E-state index contributed by atoms with van der Waals surface area (Å²) < 4.78 is 0.